The van der Waals surface area contributed by atoms with Gasteiger partial charge in [0.05, 0.1) is 18.0 Å². The second kappa shape index (κ2) is 14.3. The number of rotatable bonds is 10. The largest absolute Gasteiger partial charge is 0.355 e. The van der Waals surface area contributed by atoms with E-state index in [1.807, 2.05) is 24.3 Å². The summed E-state index contributed by atoms with van der Waals surface area (Å²) in [6.45, 7) is 0.511. The van der Waals surface area contributed by atoms with Crippen molar-refractivity contribution in [2.45, 2.75) is 56.0 Å². The standard InChI is InChI=1S/C36H38FN9O3/c1-39-33(48)25-9-13-30-23(17-25)7-8-24-18-26(34(49)40-2)10-14-31(24)36(30,35-42-44-45-43-35)19-28(16-22-5-11-27(37)12-6-22)41-21-32(47)46-15-3-4-29(46)20-38/h5-6,9-14,17-18,28-29,41H,3-4,7-8,15-16,19,21H2,1-2H3,(H,39,48)(H,40,49)(H,42,43,44,45)/t28-,29-/m0/s1. The van der Waals surface area contributed by atoms with Gasteiger partial charge in [-0.05, 0) is 113 Å². The van der Waals surface area contributed by atoms with Crippen molar-refractivity contribution in [1.29, 1.82) is 5.26 Å². The van der Waals surface area contributed by atoms with Crippen molar-refractivity contribution in [2.24, 2.45) is 0 Å². The summed E-state index contributed by atoms with van der Waals surface area (Å²) in [5, 5.41) is 34.0. The van der Waals surface area contributed by atoms with Gasteiger partial charge in [0.2, 0.25) is 5.91 Å². The van der Waals surface area contributed by atoms with E-state index in [1.54, 1.807) is 43.3 Å². The number of nitrogens with zero attached hydrogens (tertiary/aromatic N) is 5. The van der Waals surface area contributed by atoms with Gasteiger partial charge < -0.3 is 20.9 Å². The third kappa shape index (κ3) is 6.64. The molecule has 3 amide bonds. The zero-order valence-corrected chi connectivity index (χ0v) is 27.4. The van der Waals surface area contributed by atoms with Gasteiger partial charge >= 0.3 is 0 Å². The topological polar surface area (TPSA) is 169 Å². The van der Waals surface area contributed by atoms with Crippen molar-refractivity contribution < 1.29 is 18.8 Å². The van der Waals surface area contributed by atoms with Gasteiger partial charge in [-0.15, -0.1) is 5.10 Å². The number of hydrogen-bond acceptors (Lipinski definition) is 8. The number of halogens is 1. The fourth-order valence-electron chi connectivity index (χ4n) is 7.35. The Labute approximate surface area is 283 Å². The van der Waals surface area contributed by atoms with Crippen LogP contribution in [0.1, 0.15) is 73.6 Å². The van der Waals surface area contributed by atoms with Crippen molar-refractivity contribution in [1.82, 2.24) is 41.5 Å². The molecule has 0 radical (unpaired) electrons. The monoisotopic (exact) mass is 663 g/mol. The Bertz CT molecular complexity index is 1820. The lowest BCUT2D eigenvalue weighted by molar-refractivity contribution is -0.130. The van der Waals surface area contributed by atoms with Gasteiger partial charge in [0, 0.05) is 37.8 Å². The normalized spacial score (nSPS) is 16.9. The lowest BCUT2D eigenvalue weighted by Crippen LogP contribution is -2.47. The molecule has 13 heteroatoms. The first kappa shape index (κ1) is 33.4. The lowest BCUT2D eigenvalue weighted by Gasteiger charge is -2.38. The van der Waals surface area contributed by atoms with E-state index in [4.69, 9.17) is 0 Å². The highest BCUT2D eigenvalue weighted by atomic mass is 19.1. The number of aryl methyl sites for hydroxylation is 2. The van der Waals surface area contributed by atoms with Crippen LogP contribution in [0.3, 0.4) is 0 Å². The minimum Gasteiger partial charge on any atom is -0.355 e. The van der Waals surface area contributed by atoms with Gasteiger partial charge in [0.1, 0.15) is 11.9 Å². The van der Waals surface area contributed by atoms with Crippen LogP contribution in [0, 0.1) is 17.1 Å². The van der Waals surface area contributed by atoms with Crippen LogP contribution in [0.5, 0.6) is 0 Å². The molecule has 0 spiro atoms. The number of carbonyl (C=O) groups excluding carboxylic acids is 3. The number of tetrazole rings is 1. The zero-order chi connectivity index (χ0) is 34.5. The molecule has 1 aliphatic carbocycles. The van der Waals surface area contributed by atoms with E-state index in [2.05, 4.69) is 42.6 Å². The fourth-order valence-corrected chi connectivity index (χ4v) is 7.35. The predicted octanol–water partition coefficient (Wildman–Crippen LogP) is 2.60. The van der Waals surface area contributed by atoms with Crippen LogP contribution in [-0.2, 0) is 29.5 Å². The Morgan fingerprint density at radius 3 is 2.18 bits per heavy atom. The summed E-state index contributed by atoms with van der Waals surface area (Å²) in [5.74, 6) is -0.500. The molecule has 1 fully saturated rings. The van der Waals surface area contributed by atoms with E-state index < -0.39 is 17.5 Å². The fraction of sp³-hybridized carbons (Fsp3) is 0.361. The maximum atomic E-state index is 14.0. The summed E-state index contributed by atoms with van der Waals surface area (Å²) in [4.78, 5) is 40.6. The van der Waals surface area contributed by atoms with Crippen LogP contribution in [0.15, 0.2) is 60.7 Å². The molecular weight excluding hydrogens is 625 g/mol. The first-order valence-electron chi connectivity index (χ1n) is 16.4. The third-order valence-electron chi connectivity index (χ3n) is 9.73. The van der Waals surface area contributed by atoms with Crippen LogP contribution in [0.4, 0.5) is 4.39 Å². The minimum absolute atomic E-state index is 0.0142. The average Bonchev–Trinajstić information content (AvgIpc) is 3.83. The molecule has 0 unspecified atom stereocenters. The molecule has 2 atom stereocenters. The molecule has 1 aliphatic heterocycles. The number of carbonyl (C=O) groups is 3. The summed E-state index contributed by atoms with van der Waals surface area (Å²) in [7, 11) is 3.17. The Morgan fingerprint density at radius 1 is 1.00 bits per heavy atom. The molecule has 252 valence electrons. The summed E-state index contributed by atoms with van der Waals surface area (Å²) < 4.78 is 14.0. The van der Waals surface area contributed by atoms with Crippen LogP contribution in [-0.4, -0.2) is 82.5 Å². The molecule has 0 bridgehead atoms. The molecule has 2 aliphatic rings. The predicted molar refractivity (Wildman–Crippen MR) is 178 cm³/mol. The van der Waals surface area contributed by atoms with Gasteiger partial charge in [-0.25, -0.2) is 9.49 Å². The molecule has 0 saturated carbocycles. The molecule has 1 saturated heterocycles. The maximum Gasteiger partial charge on any atom is 0.251 e. The van der Waals surface area contributed by atoms with Gasteiger partial charge in [-0.1, -0.05) is 24.3 Å². The molecule has 12 nitrogen and oxygen atoms in total. The molecule has 49 heavy (non-hydrogen) atoms. The Morgan fingerprint density at radius 2 is 1.63 bits per heavy atom. The molecule has 6 rings (SSSR count). The quantitative estimate of drug-likeness (QED) is 0.201. The van der Waals surface area contributed by atoms with E-state index in [-0.39, 0.29) is 30.1 Å². The Balaban J connectivity index is 1.50. The van der Waals surface area contributed by atoms with Crippen molar-refractivity contribution >= 4 is 17.7 Å². The Kier molecular flexibility index (Phi) is 9.77. The van der Waals surface area contributed by atoms with Crippen LogP contribution >= 0.6 is 0 Å². The highest BCUT2D eigenvalue weighted by molar-refractivity contribution is 5.95. The number of likely N-dealkylation sites (tertiary alicyclic amines) is 1. The van der Waals surface area contributed by atoms with Crippen molar-refractivity contribution in [3.63, 3.8) is 0 Å². The van der Waals surface area contributed by atoms with Crippen LogP contribution < -0.4 is 16.0 Å². The number of fused-ring (bicyclic) bond motifs is 2. The maximum absolute atomic E-state index is 14.0. The molecule has 1 aromatic heterocycles. The number of benzene rings is 3. The number of amides is 3. The van der Waals surface area contributed by atoms with Crippen LogP contribution in [0.25, 0.3) is 0 Å². The minimum atomic E-state index is -1.03. The second-order valence-electron chi connectivity index (χ2n) is 12.5. The lowest BCUT2D eigenvalue weighted by atomic mass is 9.67. The van der Waals surface area contributed by atoms with E-state index in [9.17, 15) is 24.0 Å². The smallest absolute Gasteiger partial charge is 0.251 e. The van der Waals surface area contributed by atoms with Gasteiger partial charge in [0.25, 0.3) is 11.8 Å². The van der Waals surface area contributed by atoms with Crippen molar-refractivity contribution in [3.05, 3.63) is 111 Å². The number of H-pyrrole nitrogens is 1. The molecule has 2 heterocycles. The second-order valence-corrected chi connectivity index (χ2v) is 12.5. The Hall–Kier alpha value is -5.48. The molecule has 4 aromatic rings. The molecule has 3 aromatic carbocycles. The summed E-state index contributed by atoms with van der Waals surface area (Å²) in [5.41, 5.74) is 4.43. The molecule has 4 N–H and O–H groups in total. The highest BCUT2D eigenvalue weighted by Gasteiger charge is 2.46. The molecular formula is C36H38FN9O3. The van der Waals surface area contributed by atoms with E-state index in [1.165, 1.54) is 12.1 Å². The summed E-state index contributed by atoms with van der Waals surface area (Å²) in [6, 6.07) is 18.9. The van der Waals surface area contributed by atoms with E-state index >= 15 is 0 Å². The number of nitrogens with one attached hydrogen (secondary N) is 4. The summed E-state index contributed by atoms with van der Waals surface area (Å²) >= 11 is 0. The zero-order valence-electron chi connectivity index (χ0n) is 27.4. The third-order valence-corrected chi connectivity index (χ3v) is 9.73. The number of aromatic amines is 1. The van der Waals surface area contributed by atoms with Gasteiger partial charge in [-0.2, -0.15) is 5.26 Å². The van der Waals surface area contributed by atoms with Crippen molar-refractivity contribution in [2.75, 3.05) is 27.2 Å². The average molecular weight is 664 g/mol. The van der Waals surface area contributed by atoms with Crippen LogP contribution in [0.2, 0.25) is 0 Å². The highest BCUT2D eigenvalue weighted by Crippen LogP contribution is 2.47. The van der Waals surface area contributed by atoms with E-state index in [0.29, 0.717) is 55.6 Å². The first-order chi connectivity index (χ1) is 23.8. The van der Waals surface area contributed by atoms with Gasteiger partial charge in [-0.3, -0.25) is 14.4 Å². The van der Waals surface area contributed by atoms with Crippen molar-refractivity contribution in [3.8, 4) is 6.07 Å². The first-order valence-corrected chi connectivity index (χ1v) is 16.4. The SMILES string of the molecule is CNC(=O)c1ccc2c(c1)CCc1cc(C(=O)NC)ccc1C2(C[C@H](Cc1ccc(F)cc1)NCC(=O)N1CCC[C@H]1C#N)c1nnn[nH]1. The van der Waals surface area contributed by atoms with E-state index in [0.717, 1.165) is 34.2 Å². The number of nitriles is 1. The number of aromatic nitrogens is 4. The van der Waals surface area contributed by atoms with Gasteiger partial charge in [0.15, 0.2) is 5.82 Å². The summed E-state index contributed by atoms with van der Waals surface area (Å²) in [6.07, 6.45) is 3.34. The number of hydrogen-bond donors (Lipinski definition) is 4.